The first-order valence-electron chi connectivity index (χ1n) is 8.43. The average Bonchev–Trinajstić information content (AvgIpc) is 3.24. The van der Waals surface area contributed by atoms with E-state index in [1.807, 2.05) is 24.0 Å². The van der Waals surface area contributed by atoms with Crippen molar-refractivity contribution in [2.24, 2.45) is 4.99 Å². The van der Waals surface area contributed by atoms with Crippen LogP contribution in [0.5, 0.6) is 0 Å². The highest BCUT2D eigenvalue weighted by Gasteiger charge is 2.25. The molecule has 1 aliphatic heterocycles. The van der Waals surface area contributed by atoms with Gasteiger partial charge in [-0.25, -0.2) is 13.8 Å². The van der Waals surface area contributed by atoms with Crippen LogP contribution in [0.15, 0.2) is 46.0 Å². The lowest BCUT2D eigenvalue weighted by Gasteiger charge is -2.20. The third kappa shape index (κ3) is 4.49. The summed E-state index contributed by atoms with van der Waals surface area (Å²) in [5.74, 6) is 0.401. The lowest BCUT2D eigenvalue weighted by molar-refractivity contribution is 0.511. The number of aliphatic imine (C=N–C) groups is 1. The zero-order chi connectivity index (χ0) is 17.6. The molecule has 2 heterocycles. The Morgan fingerprint density at radius 1 is 1.36 bits per heavy atom. The summed E-state index contributed by atoms with van der Waals surface area (Å²) in [6, 6.07) is 7.54. The second kappa shape index (κ2) is 8.00. The van der Waals surface area contributed by atoms with Gasteiger partial charge in [-0.2, -0.15) is 0 Å². The second-order valence-corrected chi connectivity index (χ2v) is 5.95. The molecule has 1 aliphatic rings. The summed E-state index contributed by atoms with van der Waals surface area (Å²) in [5.41, 5.74) is 0.434. The van der Waals surface area contributed by atoms with Crippen molar-refractivity contribution in [1.82, 2.24) is 10.6 Å². The molecular formula is C18H22F2N4O. The minimum atomic E-state index is -0.561. The van der Waals surface area contributed by atoms with Crippen LogP contribution < -0.4 is 15.5 Å². The molecule has 0 saturated carbocycles. The lowest BCUT2D eigenvalue weighted by Crippen LogP contribution is -2.44. The smallest absolute Gasteiger partial charge is 0.191 e. The zero-order valence-corrected chi connectivity index (χ0v) is 14.1. The van der Waals surface area contributed by atoms with Crippen molar-refractivity contribution in [3.05, 3.63) is 54.0 Å². The molecule has 1 fully saturated rings. The Morgan fingerprint density at radius 2 is 2.24 bits per heavy atom. The predicted octanol–water partition coefficient (Wildman–Crippen LogP) is 2.89. The van der Waals surface area contributed by atoms with Crippen molar-refractivity contribution in [3.8, 4) is 0 Å². The second-order valence-electron chi connectivity index (χ2n) is 5.95. The number of hydrogen-bond donors (Lipinski definition) is 2. The SMILES string of the molecule is CCNC(=NCc1ccco1)NC1CCN(c2ccc(F)cc2F)C1. The van der Waals surface area contributed by atoms with Gasteiger partial charge in [0, 0.05) is 31.7 Å². The molecule has 134 valence electrons. The van der Waals surface area contributed by atoms with Gasteiger partial charge in [-0.15, -0.1) is 0 Å². The third-order valence-corrected chi connectivity index (χ3v) is 4.10. The first-order chi connectivity index (χ1) is 12.2. The fourth-order valence-electron chi connectivity index (χ4n) is 2.91. The van der Waals surface area contributed by atoms with E-state index in [2.05, 4.69) is 15.6 Å². The highest BCUT2D eigenvalue weighted by atomic mass is 19.1. The van der Waals surface area contributed by atoms with Gasteiger partial charge in [0.1, 0.15) is 23.9 Å². The molecule has 25 heavy (non-hydrogen) atoms. The molecular weight excluding hydrogens is 326 g/mol. The topological polar surface area (TPSA) is 52.8 Å². The van der Waals surface area contributed by atoms with Crippen LogP contribution in [0.25, 0.3) is 0 Å². The summed E-state index contributed by atoms with van der Waals surface area (Å²) >= 11 is 0. The lowest BCUT2D eigenvalue weighted by atomic mass is 10.2. The van der Waals surface area contributed by atoms with E-state index in [9.17, 15) is 8.78 Å². The molecule has 3 rings (SSSR count). The van der Waals surface area contributed by atoms with Crippen LogP contribution in [0, 0.1) is 11.6 Å². The number of benzene rings is 1. The number of rotatable bonds is 5. The molecule has 1 saturated heterocycles. The number of nitrogens with one attached hydrogen (secondary N) is 2. The van der Waals surface area contributed by atoms with Gasteiger partial charge < -0.3 is 20.0 Å². The van der Waals surface area contributed by atoms with Gasteiger partial charge in [-0.1, -0.05) is 0 Å². The Labute approximate surface area is 145 Å². The molecule has 1 aromatic heterocycles. The van der Waals surface area contributed by atoms with E-state index in [0.717, 1.165) is 24.8 Å². The molecule has 0 spiro atoms. The van der Waals surface area contributed by atoms with E-state index >= 15 is 0 Å². The maximum absolute atomic E-state index is 13.9. The van der Waals surface area contributed by atoms with Crippen LogP contribution in [0.4, 0.5) is 14.5 Å². The first-order valence-corrected chi connectivity index (χ1v) is 8.43. The van der Waals surface area contributed by atoms with Crippen LogP contribution in [0.1, 0.15) is 19.1 Å². The van der Waals surface area contributed by atoms with Gasteiger partial charge in [0.2, 0.25) is 0 Å². The average molecular weight is 348 g/mol. The van der Waals surface area contributed by atoms with E-state index in [1.54, 1.807) is 6.26 Å². The Bertz CT molecular complexity index is 718. The molecule has 2 aromatic rings. The van der Waals surface area contributed by atoms with E-state index in [4.69, 9.17) is 4.42 Å². The molecule has 0 amide bonds. The largest absolute Gasteiger partial charge is 0.467 e. The predicted molar refractivity (Wildman–Crippen MR) is 93.6 cm³/mol. The van der Waals surface area contributed by atoms with E-state index < -0.39 is 11.6 Å². The summed E-state index contributed by atoms with van der Waals surface area (Å²) in [6.07, 6.45) is 2.47. The highest BCUT2D eigenvalue weighted by molar-refractivity contribution is 5.80. The van der Waals surface area contributed by atoms with Gasteiger partial charge in [0.25, 0.3) is 0 Å². The maximum Gasteiger partial charge on any atom is 0.191 e. The van der Waals surface area contributed by atoms with Crippen molar-refractivity contribution >= 4 is 11.6 Å². The van der Waals surface area contributed by atoms with Crippen molar-refractivity contribution in [2.45, 2.75) is 25.9 Å². The minimum absolute atomic E-state index is 0.138. The Kier molecular flexibility index (Phi) is 5.53. The van der Waals surface area contributed by atoms with Crippen molar-refractivity contribution in [3.63, 3.8) is 0 Å². The van der Waals surface area contributed by atoms with Crippen molar-refractivity contribution < 1.29 is 13.2 Å². The number of anilines is 1. The number of nitrogens with zero attached hydrogens (tertiary/aromatic N) is 2. The van der Waals surface area contributed by atoms with Crippen LogP contribution >= 0.6 is 0 Å². The van der Waals surface area contributed by atoms with Gasteiger partial charge in [-0.05, 0) is 37.6 Å². The Morgan fingerprint density at radius 3 is 2.96 bits per heavy atom. The summed E-state index contributed by atoms with van der Waals surface area (Å²) < 4.78 is 32.3. The Hall–Kier alpha value is -2.57. The van der Waals surface area contributed by atoms with Crippen LogP contribution in [0.2, 0.25) is 0 Å². The summed E-state index contributed by atoms with van der Waals surface area (Å²) in [5, 5.41) is 6.57. The van der Waals surface area contributed by atoms with Gasteiger partial charge in [0.05, 0.1) is 12.0 Å². The molecule has 7 heteroatoms. The van der Waals surface area contributed by atoms with E-state index in [-0.39, 0.29) is 6.04 Å². The van der Waals surface area contributed by atoms with Gasteiger partial charge >= 0.3 is 0 Å². The fraction of sp³-hybridized carbons (Fsp3) is 0.389. The van der Waals surface area contributed by atoms with Gasteiger partial charge in [0.15, 0.2) is 5.96 Å². The van der Waals surface area contributed by atoms with Crippen molar-refractivity contribution in [2.75, 3.05) is 24.5 Å². The molecule has 1 unspecified atom stereocenters. The molecule has 0 radical (unpaired) electrons. The highest BCUT2D eigenvalue weighted by Crippen LogP contribution is 2.24. The normalized spacial score (nSPS) is 17.8. The Balaban J connectivity index is 1.61. The third-order valence-electron chi connectivity index (χ3n) is 4.10. The number of guanidine groups is 1. The monoisotopic (exact) mass is 348 g/mol. The van der Waals surface area contributed by atoms with Gasteiger partial charge in [-0.3, -0.25) is 0 Å². The molecule has 0 aliphatic carbocycles. The van der Waals surface area contributed by atoms with Crippen LogP contribution in [-0.4, -0.2) is 31.6 Å². The standard InChI is InChI=1S/C18H22F2N4O/c1-2-21-18(22-11-15-4-3-9-25-15)23-14-7-8-24(12-14)17-6-5-13(19)10-16(17)20/h3-6,9-10,14H,2,7-8,11-12H2,1H3,(H2,21,22,23). The summed E-state index contributed by atoms with van der Waals surface area (Å²) in [4.78, 5) is 6.42. The fourth-order valence-corrected chi connectivity index (χ4v) is 2.91. The van der Waals surface area contributed by atoms with Crippen LogP contribution in [0.3, 0.4) is 0 Å². The van der Waals surface area contributed by atoms with E-state index in [1.165, 1.54) is 12.1 Å². The number of hydrogen-bond acceptors (Lipinski definition) is 3. The molecule has 0 bridgehead atoms. The summed E-state index contributed by atoms with van der Waals surface area (Å²) in [6.45, 7) is 4.53. The first kappa shape index (κ1) is 17.3. The van der Waals surface area contributed by atoms with Crippen molar-refractivity contribution in [1.29, 1.82) is 0 Å². The number of halogens is 2. The molecule has 5 nitrogen and oxygen atoms in total. The zero-order valence-electron chi connectivity index (χ0n) is 14.1. The summed E-state index contributed by atoms with van der Waals surface area (Å²) in [7, 11) is 0. The molecule has 1 atom stereocenters. The quantitative estimate of drug-likeness (QED) is 0.644. The maximum atomic E-state index is 13.9. The molecule has 1 aromatic carbocycles. The van der Waals surface area contributed by atoms with E-state index in [0.29, 0.717) is 31.3 Å². The minimum Gasteiger partial charge on any atom is -0.467 e. The number of furan rings is 1. The van der Waals surface area contributed by atoms with Crippen LogP contribution in [-0.2, 0) is 6.54 Å². The molecule has 2 N–H and O–H groups in total.